The third-order valence-electron chi connectivity index (χ3n) is 5.54. The van der Waals surface area contributed by atoms with Crippen molar-refractivity contribution >= 4 is 11.7 Å². The van der Waals surface area contributed by atoms with Crippen LogP contribution in [0.25, 0.3) is 11.3 Å². The molecule has 0 bridgehead atoms. The Morgan fingerprint density at radius 2 is 1.61 bits per heavy atom. The first-order valence-corrected chi connectivity index (χ1v) is 10.8. The van der Waals surface area contributed by atoms with E-state index in [1.54, 1.807) is 0 Å². The number of carbonyl (C=O) groups excluding carboxylic acids is 1. The minimum Gasteiger partial charge on any atom is -0.494 e. The van der Waals surface area contributed by atoms with Crippen LogP contribution < -0.4 is 9.64 Å². The number of anilines is 1. The topological polar surface area (TPSA) is 58.6 Å². The van der Waals surface area contributed by atoms with Gasteiger partial charge in [-0.3, -0.25) is 4.79 Å². The molecule has 1 aliphatic rings. The van der Waals surface area contributed by atoms with Crippen LogP contribution in [0, 0.1) is 6.92 Å². The van der Waals surface area contributed by atoms with Gasteiger partial charge in [-0.15, -0.1) is 10.2 Å². The van der Waals surface area contributed by atoms with Crippen molar-refractivity contribution in [1.29, 1.82) is 0 Å². The lowest BCUT2D eigenvalue weighted by molar-refractivity contribution is -0.130. The van der Waals surface area contributed by atoms with Crippen molar-refractivity contribution in [3.05, 3.63) is 71.8 Å². The van der Waals surface area contributed by atoms with Crippen molar-refractivity contribution in [3.8, 4) is 17.0 Å². The van der Waals surface area contributed by atoms with Crippen LogP contribution in [0.2, 0.25) is 0 Å². The molecule has 6 nitrogen and oxygen atoms in total. The molecule has 1 amide bonds. The minimum atomic E-state index is 0.181. The van der Waals surface area contributed by atoms with E-state index >= 15 is 0 Å². The molecule has 31 heavy (non-hydrogen) atoms. The van der Waals surface area contributed by atoms with Gasteiger partial charge in [0.2, 0.25) is 5.91 Å². The molecule has 4 rings (SSSR count). The van der Waals surface area contributed by atoms with E-state index in [9.17, 15) is 4.79 Å². The van der Waals surface area contributed by atoms with Gasteiger partial charge in [0.1, 0.15) is 5.75 Å². The Kier molecular flexibility index (Phi) is 6.46. The summed E-state index contributed by atoms with van der Waals surface area (Å²) in [5, 5.41) is 8.83. The summed E-state index contributed by atoms with van der Waals surface area (Å²) in [7, 11) is 0. The van der Waals surface area contributed by atoms with Crippen molar-refractivity contribution in [2.75, 3.05) is 37.7 Å². The van der Waals surface area contributed by atoms with Gasteiger partial charge in [-0.25, -0.2) is 0 Å². The van der Waals surface area contributed by atoms with Crippen LogP contribution >= 0.6 is 0 Å². The second-order valence-electron chi connectivity index (χ2n) is 7.76. The first-order chi connectivity index (χ1) is 15.1. The fourth-order valence-corrected chi connectivity index (χ4v) is 3.71. The number of rotatable bonds is 6. The van der Waals surface area contributed by atoms with Crippen molar-refractivity contribution in [2.45, 2.75) is 20.3 Å². The average molecular weight is 417 g/mol. The monoisotopic (exact) mass is 416 g/mol. The Hall–Kier alpha value is -3.41. The largest absolute Gasteiger partial charge is 0.494 e. The maximum absolute atomic E-state index is 12.6. The lowest BCUT2D eigenvalue weighted by Crippen LogP contribution is -2.49. The number of aromatic nitrogens is 2. The Balaban J connectivity index is 1.32. The van der Waals surface area contributed by atoms with Crippen molar-refractivity contribution < 1.29 is 9.53 Å². The van der Waals surface area contributed by atoms with Gasteiger partial charge in [0, 0.05) is 31.7 Å². The molecule has 2 heterocycles. The van der Waals surface area contributed by atoms with Crippen LogP contribution in [-0.2, 0) is 11.2 Å². The molecule has 0 unspecified atom stereocenters. The number of piperazine rings is 1. The van der Waals surface area contributed by atoms with Crippen LogP contribution in [0.4, 0.5) is 5.82 Å². The minimum absolute atomic E-state index is 0.181. The van der Waals surface area contributed by atoms with E-state index in [-0.39, 0.29) is 5.91 Å². The SMILES string of the molecule is CCOc1ccc(-c2ccc(N3CCN(C(=O)Cc4ccc(C)cc4)CC3)nn2)cc1. The highest BCUT2D eigenvalue weighted by Gasteiger charge is 2.22. The molecule has 0 atom stereocenters. The molecule has 2 aromatic carbocycles. The first-order valence-electron chi connectivity index (χ1n) is 10.8. The molecule has 0 spiro atoms. The maximum Gasteiger partial charge on any atom is 0.227 e. The fraction of sp³-hybridized carbons (Fsp3) is 0.320. The number of hydrogen-bond donors (Lipinski definition) is 0. The fourth-order valence-electron chi connectivity index (χ4n) is 3.71. The van der Waals surface area contributed by atoms with Crippen LogP contribution in [0.3, 0.4) is 0 Å². The molecule has 1 aromatic heterocycles. The Morgan fingerprint density at radius 1 is 0.903 bits per heavy atom. The summed E-state index contributed by atoms with van der Waals surface area (Å²) in [6.45, 7) is 7.60. The smallest absolute Gasteiger partial charge is 0.227 e. The summed E-state index contributed by atoms with van der Waals surface area (Å²) in [6.07, 6.45) is 0.455. The summed E-state index contributed by atoms with van der Waals surface area (Å²) in [5.41, 5.74) is 4.11. The molecule has 1 saturated heterocycles. The normalized spacial score (nSPS) is 13.9. The third kappa shape index (κ3) is 5.20. The zero-order valence-electron chi connectivity index (χ0n) is 18.1. The van der Waals surface area contributed by atoms with Crippen molar-refractivity contribution in [1.82, 2.24) is 15.1 Å². The molecule has 0 aliphatic carbocycles. The lowest BCUT2D eigenvalue weighted by atomic mass is 10.1. The molecule has 6 heteroatoms. The summed E-state index contributed by atoms with van der Waals surface area (Å²) >= 11 is 0. The van der Waals surface area contributed by atoms with E-state index in [1.807, 2.05) is 60.4 Å². The summed E-state index contributed by atoms with van der Waals surface area (Å²) in [5.74, 6) is 1.88. The van der Waals surface area contributed by atoms with Gasteiger partial charge in [0.05, 0.1) is 18.7 Å². The number of carbonyl (C=O) groups is 1. The van der Waals surface area contributed by atoms with E-state index < -0.39 is 0 Å². The summed E-state index contributed by atoms with van der Waals surface area (Å²) in [6, 6.07) is 20.0. The standard InChI is InChI=1S/C25H28N4O2/c1-3-31-22-10-8-21(9-11-22)23-12-13-24(27-26-23)28-14-16-29(17-15-28)25(30)18-20-6-4-19(2)5-7-20/h4-13H,3,14-18H2,1-2H3. The number of ether oxygens (including phenoxy) is 1. The summed E-state index contributed by atoms with van der Waals surface area (Å²) < 4.78 is 5.49. The predicted octanol–water partition coefficient (Wildman–Crippen LogP) is 3.74. The number of benzene rings is 2. The highest BCUT2D eigenvalue weighted by molar-refractivity contribution is 5.79. The molecule has 160 valence electrons. The molecule has 0 saturated carbocycles. The van der Waals surface area contributed by atoms with E-state index in [2.05, 4.69) is 34.2 Å². The average Bonchev–Trinajstić information content (AvgIpc) is 2.81. The zero-order chi connectivity index (χ0) is 21.6. The van der Waals surface area contributed by atoms with Crippen LogP contribution in [0.1, 0.15) is 18.1 Å². The maximum atomic E-state index is 12.6. The quantitative estimate of drug-likeness (QED) is 0.613. The molecule has 0 radical (unpaired) electrons. The summed E-state index contributed by atoms with van der Waals surface area (Å²) in [4.78, 5) is 16.8. The van der Waals surface area contributed by atoms with E-state index in [0.717, 1.165) is 41.5 Å². The molecule has 0 N–H and O–H groups in total. The Bertz CT molecular complexity index is 993. The number of amides is 1. The van der Waals surface area contributed by atoms with Gasteiger partial charge in [-0.2, -0.15) is 0 Å². The van der Waals surface area contributed by atoms with Gasteiger partial charge < -0.3 is 14.5 Å². The second kappa shape index (κ2) is 9.60. The number of nitrogens with zero attached hydrogens (tertiary/aromatic N) is 4. The second-order valence-corrected chi connectivity index (χ2v) is 7.76. The number of hydrogen-bond acceptors (Lipinski definition) is 5. The Labute approximate surface area is 183 Å². The highest BCUT2D eigenvalue weighted by Crippen LogP contribution is 2.22. The van der Waals surface area contributed by atoms with Gasteiger partial charge in [-0.1, -0.05) is 29.8 Å². The van der Waals surface area contributed by atoms with Crippen LogP contribution in [0.5, 0.6) is 5.75 Å². The molecule has 1 aliphatic heterocycles. The van der Waals surface area contributed by atoms with Gasteiger partial charge in [0.25, 0.3) is 0 Å². The first kappa shape index (κ1) is 20.8. The molecular weight excluding hydrogens is 388 g/mol. The van der Waals surface area contributed by atoms with E-state index in [4.69, 9.17) is 4.74 Å². The van der Waals surface area contributed by atoms with Crippen molar-refractivity contribution in [3.63, 3.8) is 0 Å². The third-order valence-corrected chi connectivity index (χ3v) is 5.54. The molecule has 1 fully saturated rings. The van der Waals surface area contributed by atoms with E-state index in [0.29, 0.717) is 26.1 Å². The molecule has 3 aromatic rings. The predicted molar refractivity (Wildman–Crippen MR) is 122 cm³/mol. The van der Waals surface area contributed by atoms with Gasteiger partial charge in [-0.05, 0) is 55.8 Å². The van der Waals surface area contributed by atoms with Crippen LogP contribution in [-0.4, -0.2) is 53.8 Å². The number of aryl methyl sites for hydroxylation is 1. The lowest BCUT2D eigenvalue weighted by Gasteiger charge is -2.35. The Morgan fingerprint density at radius 3 is 2.23 bits per heavy atom. The van der Waals surface area contributed by atoms with E-state index in [1.165, 1.54) is 5.56 Å². The highest BCUT2D eigenvalue weighted by atomic mass is 16.5. The molecular formula is C25H28N4O2. The van der Waals surface area contributed by atoms with Crippen LogP contribution in [0.15, 0.2) is 60.7 Å². The van der Waals surface area contributed by atoms with Gasteiger partial charge >= 0.3 is 0 Å². The van der Waals surface area contributed by atoms with Gasteiger partial charge in [0.15, 0.2) is 5.82 Å². The van der Waals surface area contributed by atoms with Crippen molar-refractivity contribution in [2.24, 2.45) is 0 Å². The zero-order valence-corrected chi connectivity index (χ0v) is 18.1.